The van der Waals surface area contributed by atoms with E-state index in [1.54, 1.807) is 6.92 Å². The summed E-state index contributed by atoms with van der Waals surface area (Å²) in [6.07, 6.45) is -4.15. The van der Waals surface area contributed by atoms with Crippen LogP contribution in [0.2, 0.25) is 0 Å². The van der Waals surface area contributed by atoms with Crippen LogP contribution >= 0.6 is 0 Å². The number of aromatic amines is 1. The van der Waals surface area contributed by atoms with Gasteiger partial charge in [0.05, 0.1) is 28.8 Å². The Morgan fingerprint density at radius 1 is 1.29 bits per heavy atom. The maximum absolute atomic E-state index is 13.9. The molecule has 15 heteroatoms. The fourth-order valence-electron chi connectivity index (χ4n) is 3.76. The molecule has 0 aliphatic rings. The van der Waals surface area contributed by atoms with E-state index >= 15 is 0 Å². The van der Waals surface area contributed by atoms with Crippen molar-refractivity contribution in [3.05, 3.63) is 50.8 Å². The van der Waals surface area contributed by atoms with Crippen molar-refractivity contribution in [3.8, 4) is 11.3 Å². The molecule has 2 aromatic heterocycles. The van der Waals surface area contributed by atoms with E-state index in [1.165, 1.54) is 16.9 Å². The van der Waals surface area contributed by atoms with Crippen molar-refractivity contribution < 1.29 is 31.1 Å². The summed E-state index contributed by atoms with van der Waals surface area (Å²) in [5, 5.41) is 1.99. The number of halogens is 3. The Balaban J connectivity index is 2.26. The molecule has 11 nitrogen and oxygen atoms in total. The standard InChI is InChI=1S/C20H22F3N5O6S/c1-3-27-15(6-7-25-27)11-9-12-14(10-13(11)20(21,22)23)26-19(31)28(17(12)29)16(35(2,32)33)5-4-8-34-18(24)30/h6-7,9-10,16H,3-5,8H2,1-2H3,(H2,24,30)(H,26,31). The zero-order valence-electron chi connectivity index (χ0n) is 18.6. The fourth-order valence-corrected chi connectivity index (χ4v) is 4.93. The van der Waals surface area contributed by atoms with Crippen LogP contribution in [0.1, 0.15) is 30.7 Å². The minimum absolute atomic E-state index is 0.0570. The van der Waals surface area contributed by atoms with Crippen LogP contribution in [0.25, 0.3) is 22.2 Å². The second-order valence-corrected chi connectivity index (χ2v) is 9.88. The van der Waals surface area contributed by atoms with Crippen LogP contribution in [0.3, 0.4) is 0 Å². The largest absolute Gasteiger partial charge is 0.450 e. The molecular weight excluding hydrogens is 495 g/mol. The lowest BCUT2D eigenvalue weighted by Crippen LogP contribution is -2.41. The molecule has 1 unspecified atom stereocenters. The van der Waals surface area contributed by atoms with Gasteiger partial charge in [0, 0.05) is 24.6 Å². The summed E-state index contributed by atoms with van der Waals surface area (Å²) in [7, 11) is -4.05. The average molecular weight is 517 g/mol. The van der Waals surface area contributed by atoms with Gasteiger partial charge in [-0.05, 0) is 38.0 Å². The maximum Gasteiger partial charge on any atom is 0.417 e. The number of nitrogens with zero attached hydrogens (tertiary/aromatic N) is 3. The zero-order chi connectivity index (χ0) is 26.1. The normalized spacial score (nSPS) is 13.2. The third kappa shape index (κ3) is 5.39. The van der Waals surface area contributed by atoms with E-state index in [0.717, 1.165) is 12.3 Å². The van der Waals surface area contributed by atoms with Crippen molar-refractivity contribution in [2.24, 2.45) is 5.73 Å². The molecule has 3 rings (SSSR count). The summed E-state index contributed by atoms with van der Waals surface area (Å²) in [5.41, 5.74) is 0.793. The van der Waals surface area contributed by atoms with Gasteiger partial charge in [0.2, 0.25) is 0 Å². The zero-order valence-corrected chi connectivity index (χ0v) is 19.4. The monoisotopic (exact) mass is 517 g/mol. The van der Waals surface area contributed by atoms with E-state index in [-0.39, 0.29) is 42.6 Å². The molecule has 0 saturated carbocycles. The first-order valence-corrected chi connectivity index (χ1v) is 12.2. The minimum atomic E-state index is -4.83. The SMILES string of the molecule is CCn1nccc1-c1cc2c(=O)n(C(CCCOC(N)=O)S(C)(=O)=O)c(=O)[nH]c2cc1C(F)(F)F. The predicted octanol–water partition coefficient (Wildman–Crippen LogP) is 2.01. The number of carbonyl (C=O) groups excluding carboxylic acids is 1. The van der Waals surface area contributed by atoms with Crippen LogP contribution in [-0.4, -0.2) is 46.7 Å². The van der Waals surface area contributed by atoms with Crippen molar-refractivity contribution in [1.82, 2.24) is 19.3 Å². The molecule has 2 heterocycles. The number of fused-ring (bicyclic) bond motifs is 1. The van der Waals surface area contributed by atoms with Gasteiger partial charge in [-0.25, -0.2) is 22.6 Å². The Bertz CT molecular complexity index is 1490. The predicted molar refractivity (Wildman–Crippen MR) is 119 cm³/mol. The molecule has 0 radical (unpaired) electrons. The summed E-state index contributed by atoms with van der Waals surface area (Å²) in [6.45, 7) is 1.66. The molecule has 0 saturated heterocycles. The van der Waals surface area contributed by atoms with Gasteiger partial charge in [0.25, 0.3) is 5.56 Å². The number of sulfone groups is 1. The molecule has 0 aliphatic heterocycles. The molecule has 190 valence electrons. The van der Waals surface area contributed by atoms with Gasteiger partial charge in [-0.1, -0.05) is 0 Å². The molecule has 3 aromatic rings. The van der Waals surface area contributed by atoms with Gasteiger partial charge in [-0.3, -0.25) is 9.48 Å². The van der Waals surface area contributed by atoms with Crippen LogP contribution in [0.4, 0.5) is 18.0 Å². The highest BCUT2D eigenvalue weighted by Gasteiger charge is 2.36. The fraction of sp³-hybridized carbons (Fsp3) is 0.400. The number of benzene rings is 1. The molecule has 35 heavy (non-hydrogen) atoms. The Morgan fingerprint density at radius 2 is 1.97 bits per heavy atom. The highest BCUT2D eigenvalue weighted by Crippen LogP contribution is 2.38. The lowest BCUT2D eigenvalue weighted by Gasteiger charge is -2.19. The van der Waals surface area contributed by atoms with Gasteiger partial charge in [-0.2, -0.15) is 18.3 Å². The molecule has 0 aliphatic carbocycles. The number of hydrogen-bond donors (Lipinski definition) is 2. The van der Waals surface area contributed by atoms with Crippen molar-refractivity contribution in [2.45, 2.75) is 37.9 Å². The summed E-state index contributed by atoms with van der Waals surface area (Å²) >= 11 is 0. The number of amides is 1. The Morgan fingerprint density at radius 3 is 2.54 bits per heavy atom. The van der Waals surface area contributed by atoms with Gasteiger partial charge < -0.3 is 15.5 Å². The van der Waals surface area contributed by atoms with Gasteiger partial charge in [0.1, 0.15) is 5.37 Å². The minimum Gasteiger partial charge on any atom is -0.450 e. The lowest BCUT2D eigenvalue weighted by molar-refractivity contribution is -0.137. The number of ether oxygens (including phenoxy) is 1. The van der Waals surface area contributed by atoms with Gasteiger partial charge >= 0.3 is 18.0 Å². The van der Waals surface area contributed by atoms with Crippen LogP contribution < -0.4 is 17.0 Å². The number of nitrogens with one attached hydrogen (secondary N) is 1. The maximum atomic E-state index is 13.9. The molecule has 0 spiro atoms. The molecule has 1 atom stereocenters. The van der Waals surface area contributed by atoms with E-state index in [4.69, 9.17) is 5.73 Å². The summed E-state index contributed by atoms with van der Waals surface area (Å²) in [4.78, 5) is 38.9. The number of nitrogens with two attached hydrogens (primary N) is 1. The number of aryl methyl sites for hydroxylation is 1. The number of rotatable bonds is 8. The summed E-state index contributed by atoms with van der Waals surface area (Å²) in [5.74, 6) is 0. The van der Waals surface area contributed by atoms with Crippen LogP contribution in [0.15, 0.2) is 34.0 Å². The summed E-state index contributed by atoms with van der Waals surface area (Å²) < 4.78 is 72.7. The number of primary amides is 1. The van der Waals surface area contributed by atoms with Gasteiger partial charge in [-0.15, -0.1) is 0 Å². The highest BCUT2D eigenvalue weighted by molar-refractivity contribution is 7.90. The van der Waals surface area contributed by atoms with Crippen molar-refractivity contribution in [3.63, 3.8) is 0 Å². The number of hydrogen-bond acceptors (Lipinski definition) is 7. The quantitative estimate of drug-likeness (QED) is 0.432. The summed E-state index contributed by atoms with van der Waals surface area (Å²) in [6, 6.07) is 2.95. The topological polar surface area (TPSA) is 159 Å². The number of carbonyl (C=O) groups is 1. The Hall–Kier alpha value is -3.62. The van der Waals surface area contributed by atoms with Crippen LogP contribution in [-0.2, 0) is 27.3 Å². The van der Waals surface area contributed by atoms with E-state index in [9.17, 15) is 36.0 Å². The van der Waals surface area contributed by atoms with Crippen molar-refractivity contribution in [1.29, 1.82) is 0 Å². The number of H-pyrrole nitrogens is 1. The molecule has 1 amide bonds. The molecular formula is C20H22F3N5O6S. The molecule has 1 aromatic carbocycles. The second kappa shape index (κ2) is 9.56. The third-order valence-corrected chi connectivity index (χ3v) is 6.72. The third-order valence-electron chi connectivity index (χ3n) is 5.29. The van der Waals surface area contributed by atoms with E-state index in [0.29, 0.717) is 10.6 Å². The molecule has 0 fully saturated rings. The van der Waals surface area contributed by atoms with Crippen molar-refractivity contribution in [2.75, 3.05) is 12.9 Å². The van der Waals surface area contributed by atoms with Gasteiger partial charge in [0.15, 0.2) is 9.84 Å². The van der Waals surface area contributed by atoms with Crippen molar-refractivity contribution >= 4 is 26.8 Å². The van der Waals surface area contributed by atoms with Crippen LogP contribution in [0, 0.1) is 0 Å². The second-order valence-electron chi connectivity index (χ2n) is 7.67. The smallest absolute Gasteiger partial charge is 0.417 e. The molecule has 0 bridgehead atoms. The highest BCUT2D eigenvalue weighted by atomic mass is 32.2. The van der Waals surface area contributed by atoms with E-state index < -0.39 is 49.8 Å². The van der Waals surface area contributed by atoms with E-state index in [1.807, 2.05) is 0 Å². The van der Waals surface area contributed by atoms with Crippen LogP contribution in [0.5, 0.6) is 0 Å². The first-order valence-electron chi connectivity index (χ1n) is 10.3. The molecule has 3 N–H and O–H groups in total. The lowest BCUT2D eigenvalue weighted by atomic mass is 10.0. The Labute approximate surface area is 196 Å². The van der Waals surface area contributed by atoms with E-state index in [2.05, 4.69) is 14.8 Å². The first kappa shape index (κ1) is 26.0. The number of alkyl halides is 3. The number of aromatic nitrogens is 4. The first-order chi connectivity index (χ1) is 16.3. The average Bonchev–Trinajstić information content (AvgIpc) is 3.21. The Kier molecular flexibility index (Phi) is 7.10.